The van der Waals surface area contributed by atoms with E-state index >= 15 is 0 Å². The van der Waals surface area contributed by atoms with Crippen LogP contribution in [0.5, 0.6) is 0 Å². The van der Waals surface area contributed by atoms with Crippen LogP contribution in [-0.2, 0) is 9.59 Å². The van der Waals surface area contributed by atoms with E-state index in [1.54, 1.807) is 6.08 Å². The molecule has 2 rings (SSSR count). The van der Waals surface area contributed by atoms with Crippen molar-refractivity contribution in [2.24, 2.45) is 5.92 Å². The lowest BCUT2D eigenvalue weighted by Gasteiger charge is -2.19. The minimum absolute atomic E-state index is 0.112. The van der Waals surface area contributed by atoms with E-state index in [4.69, 9.17) is 5.11 Å². The number of carbonyl (C=O) groups excluding carboxylic acids is 1. The second-order valence-corrected chi connectivity index (χ2v) is 5.18. The van der Waals surface area contributed by atoms with Gasteiger partial charge in [-0.2, -0.15) is 0 Å². The van der Waals surface area contributed by atoms with E-state index in [9.17, 15) is 9.59 Å². The quantitative estimate of drug-likeness (QED) is 0.745. The fraction of sp³-hybridized carbons (Fsp3) is 0.692. The number of aliphatic carboxylic acids is 1. The van der Waals surface area contributed by atoms with Gasteiger partial charge in [-0.1, -0.05) is 12.5 Å². The second-order valence-electron chi connectivity index (χ2n) is 5.18. The van der Waals surface area contributed by atoms with E-state index in [1.165, 1.54) is 10.5 Å². The summed E-state index contributed by atoms with van der Waals surface area (Å²) in [5.74, 6) is -0.337. The van der Waals surface area contributed by atoms with E-state index in [1.807, 2.05) is 0 Å². The molecule has 1 heterocycles. The maximum atomic E-state index is 12.0. The highest BCUT2D eigenvalue weighted by molar-refractivity contribution is 5.92. The summed E-state index contributed by atoms with van der Waals surface area (Å²) in [7, 11) is 0. The van der Waals surface area contributed by atoms with Crippen LogP contribution < -0.4 is 0 Å². The molecule has 2 aliphatic rings. The summed E-state index contributed by atoms with van der Waals surface area (Å²) in [6.45, 7) is 2.76. The van der Waals surface area contributed by atoms with Crippen LogP contribution in [0.1, 0.15) is 39.0 Å². The number of nitrogens with zero attached hydrogens (tertiary/aromatic N) is 1. The zero-order chi connectivity index (χ0) is 12.4. The maximum Gasteiger partial charge on any atom is 0.326 e. The van der Waals surface area contributed by atoms with E-state index in [2.05, 4.69) is 6.92 Å². The van der Waals surface area contributed by atoms with E-state index in [0.29, 0.717) is 18.9 Å². The molecule has 0 unspecified atom stereocenters. The summed E-state index contributed by atoms with van der Waals surface area (Å²) in [4.78, 5) is 24.5. The molecule has 1 saturated heterocycles. The first-order valence-electron chi connectivity index (χ1n) is 6.31. The van der Waals surface area contributed by atoms with Crippen molar-refractivity contribution >= 4 is 11.9 Å². The minimum Gasteiger partial charge on any atom is -0.480 e. The van der Waals surface area contributed by atoms with Crippen LogP contribution in [0.15, 0.2) is 11.6 Å². The molecule has 0 bridgehead atoms. The van der Waals surface area contributed by atoms with Crippen LogP contribution in [-0.4, -0.2) is 34.5 Å². The van der Waals surface area contributed by atoms with Crippen LogP contribution in [0.4, 0.5) is 0 Å². The van der Waals surface area contributed by atoms with E-state index < -0.39 is 12.0 Å². The molecule has 1 amide bonds. The third kappa shape index (κ3) is 2.68. The van der Waals surface area contributed by atoms with Gasteiger partial charge < -0.3 is 10.0 Å². The highest BCUT2D eigenvalue weighted by atomic mass is 16.4. The lowest BCUT2D eigenvalue weighted by atomic mass is 10.1. The van der Waals surface area contributed by atoms with Gasteiger partial charge in [-0.3, -0.25) is 4.79 Å². The number of rotatable bonds is 2. The van der Waals surface area contributed by atoms with Gasteiger partial charge in [-0.15, -0.1) is 0 Å². The van der Waals surface area contributed by atoms with Crippen molar-refractivity contribution in [2.45, 2.75) is 45.1 Å². The van der Waals surface area contributed by atoms with Gasteiger partial charge in [0.15, 0.2) is 0 Å². The van der Waals surface area contributed by atoms with Gasteiger partial charge in [0, 0.05) is 12.6 Å². The molecule has 0 aromatic rings. The van der Waals surface area contributed by atoms with Crippen LogP contribution in [0, 0.1) is 5.92 Å². The molecule has 0 aromatic carbocycles. The van der Waals surface area contributed by atoms with Crippen molar-refractivity contribution in [1.29, 1.82) is 0 Å². The molecule has 2 fully saturated rings. The fourth-order valence-corrected chi connectivity index (χ4v) is 2.76. The molecule has 1 N–H and O–H groups in total. The zero-order valence-corrected chi connectivity index (χ0v) is 10.2. The third-order valence-corrected chi connectivity index (χ3v) is 3.72. The normalized spacial score (nSPS) is 31.1. The molecule has 1 saturated carbocycles. The van der Waals surface area contributed by atoms with Crippen molar-refractivity contribution in [1.82, 2.24) is 4.90 Å². The third-order valence-electron chi connectivity index (χ3n) is 3.72. The Bertz CT molecular complexity index is 362. The molecule has 94 valence electrons. The number of allylic oxidation sites excluding steroid dienone is 1. The average molecular weight is 237 g/mol. The number of carbonyl (C=O) groups is 2. The SMILES string of the molecule is C[C@H]1CC/C(=C/C(=O)N2CCC[C@@H]2C(=O)O)C1. The Hall–Kier alpha value is -1.32. The van der Waals surface area contributed by atoms with Gasteiger partial charge in [0.25, 0.3) is 0 Å². The lowest BCUT2D eigenvalue weighted by Crippen LogP contribution is -2.39. The number of hydrogen-bond acceptors (Lipinski definition) is 2. The van der Waals surface area contributed by atoms with Crippen molar-refractivity contribution in [3.8, 4) is 0 Å². The van der Waals surface area contributed by atoms with Crippen LogP contribution in [0.2, 0.25) is 0 Å². The Balaban J connectivity index is 2.02. The Kier molecular flexibility index (Phi) is 3.50. The minimum atomic E-state index is -0.881. The molecule has 2 atom stereocenters. The van der Waals surface area contributed by atoms with Crippen molar-refractivity contribution in [3.05, 3.63) is 11.6 Å². The largest absolute Gasteiger partial charge is 0.480 e. The predicted molar refractivity (Wildman–Crippen MR) is 63.5 cm³/mol. The Labute approximate surface area is 101 Å². The molecule has 1 aliphatic heterocycles. The summed E-state index contributed by atoms with van der Waals surface area (Å²) < 4.78 is 0. The smallest absolute Gasteiger partial charge is 0.326 e. The van der Waals surface area contributed by atoms with Gasteiger partial charge in [0.05, 0.1) is 0 Å². The zero-order valence-electron chi connectivity index (χ0n) is 10.2. The number of hydrogen-bond donors (Lipinski definition) is 1. The summed E-state index contributed by atoms with van der Waals surface area (Å²) in [6.07, 6.45) is 6.16. The lowest BCUT2D eigenvalue weighted by molar-refractivity contribution is -0.146. The standard InChI is InChI=1S/C13H19NO3/c1-9-4-5-10(7-9)8-12(15)14-6-2-3-11(14)13(16)17/h8-9,11H,2-7H2,1H3,(H,16,17)/b10-8-/t9-,11+/m0/s1. The van der Waals surface area contributed by atoms with Gasteiger partial charge in [-0.05, 0) is 38.0 Å². The van der Waals surface area contributed by atoms with Crippen molar-refractivity contribution in [2.75, 3.05) is 6.54 Å². The Morgan fingerprint density at radius 2 is 2.18 bits per heavy atom. The van der Waals surface area contributed by atoms with Crippen molar-refractivity contribution < 1.29 is 14.7 Å². The van der Waals surface area contributed by atoms with Crippen molar-refractivity contribution in [3.63, 3.8) is 0 Å². The molecule has 0 spiro atoms. The summed E-state index contributed by atoms with van der Waals surface area (Å²) in [6, 6.07) is -0.613. The first-order valence-corrected chi connectivity index (χ1v) is 6.31. The Morgan fingerprint density at radius 1 is 1.41 bits per heavy atom. The topological polar surface area (TPSA) is 57.6 Å². The first kappa shape index (κ1) is 12.1. The van der Waals surface area contributed by atoms with Crippen LogP contribution >= 0.6 is 0 Å². The fourth-order valence-electron chi connectivity index (χ4n) is 2.76. The predicted octanol–water partition coefficient (Wildman–Crippen LogP) is 1.81. The summed E-state index contributed by atoms with van der Waals surface area (Å²) in [5.41, 5.74) is 1.18. The monoisotopic (exact) mass is 237 g/mol. The molecule has 4 nitrogen and oxygen atoms in total. The highest BCUT2D eigenvalue weighted by Gasteiger charge is 2.33. The van der Waals surface area contributed by atoms with Gasteiger partial charge >= 0.3 is 5.97 Å². The molecule has 17 heavy (non-hydrogen) atoms. The van der Waals surface area contributed by atoms with E-state index in [0.717, 1.165) is 25.7 Å². The molecular formula is C13H19NO3. The molecule has 1 aliphatic carbocycles. The molecule has 4 heteroatoms. The Morgan fingerprint density at radius 3 is 2.76 bits per heavy atom. The number of carboxylic acid groups (broad SMARTS) is 1. The molecule has 0 radical (unpaired) electrons. The number of amides is 1. The summed E-state index contributed by atoms with van der Waals surface area (Å²) in [5, 5.41) is 9.02. The molecule has 0 aromatic heterocycles. The van der Waals surface area contributed by atoms with Gasteiger partial charge in [0.1, 0.15) is 6.04 Å². The van der Waals surface area contributed by atoms with Gasteiger partial charge in [0.2, 0.25) is 5.91 Å². The number of likely N-dealkylation sites (tertiary alicyclic amines) is 1. The van der Waals surface area contributed by atoms with Gasteiger partial charge in [-0.25, -0.2) is 4.79 Å². The number of carboxylic acids is 1. The average Bonchev–Trinajstić information content (AvgIpc) is 2.86. The highest BCUT2D eigenvalue weighted by Crippen LogP contribution is 2.30. The first-order chi connectivity index (χ1) is 8.08. The van der Waals surface area contributed by atoms with E-state index in [-0.39, 0.29) is 5.91 Å². The van der Waals surface area contributed by atoms with Crippen LogP contribution in [0.25, 0.3) is 0 Å². The maximum absolute atomic E-state index is 12.0. The second kappa shape index (κ2) is 4.90. The summed E-state index contributed by atoms with van der Waals surface area (Å²) >= 11 is 0. The molecular weight excluding hydrogens is 218 g/mol. The van der Waals surface area contributed by atoms with Crippen LogP contribution in [0.3, 0.4) is 0 Å².